The molecule has 34 heavy (non-hydrogen) atoms. The van der Waals surface area contributed by atoms with Crippen LogP contribution in [0.15, 0.2) is 48.5 Å². The number of carbonyl (C=O) groups is 3. The molecule has 7 heteroatoms. The largest absolute Gasteiger partial charge is 0.481 e. The fourth-order valence-corrected chi connectivity index (χ4v) is 4.57. The lowest BCUT2D eigenvalue weighted by molar-refractivity contribution is -0.138. The molecule has 1 aliphatic rings. The van der Waals surface area contributed by atoms with E-state index in [1.54, 1.807) is 0 Å². The Morgan fingerprint density at radius 3 is 2.12 bits per heavy atom. The zero-order valence-electron chi connectivity index (χ0n) is 20.0. The SMILES string of the molecule is CCC[C@@H](CC(=O)O)NC(=O)C(CNC(=O)OCC1c2ccccc2-c2ccccc21)C(C)C. The molecule has 1 unspecified atom stereocenters. The number of carboxylic acid groups (broad SMARTS) is 1. The van der Waals surface area contributed by atoms with E-state index in [1.165, 1.54) is 0 Å². The molecule has 0 fully saturated rings. The third kappa shape index (κ3) is 6.16. The average Bonchev–Trinajstić information content (AvgIpc) is 3.11. The zero-order valence-corrected chi connectivity index (χ0v) is 20.0. The number of hydrogen-bond acceptors (Lipinski definition) is 4. The maximum atomic E-state index is 12.8. The molecule has 3 rings (SSSR count). The number of alkyl carbamates (subject to hydrolysis) is 1. The maximum Gasteiger partial charge on any atom is 0.407 e. The van der Waals surface area contributed by atoms with E-state index in [-0.39, 0.29) is 37.3 Å². The Kier molecular flexibility index (Phi) is 8.68. The molecule has 2 aromatic carbocycles. The predicted octanol–water partition coefficient (Wildman–Crippen LogP) is 4.56. The highest BCUT2D eigenvalue weighted by atomic mass is 16.5. The van der Waals surface area contributed by atoms with Crippen molar-refractivity contribution in [3.05, 3.63) is 59.7 Å². The molecule has 2 atom stereocenters. The quantitative estimate of drug-likeness (QED) is 0.450. The summed E-state index contributed by atoms with van der Waals surface area (Å²) in [6.45, 7) is 6.06. The lowest BCUT2D eigenvalue weighted by Crippen LogP contribution is -2.45. The summed E-state index contributed by atoms with van der Waals surface area (Å²) >= 11 is 0. The third-order valence-electron chi connectivity index (χ3n) is 6.36. The van der Waals surface area contributed by atoms with Gasteiger partial charge >= 0.3 is 12.1 Å². The van der Waals surface area contributed by atoms with Crippen LogP contribution in [0.25, 0.3) is 11.1 Å². The van der Waals surface area contributed by atoms with Crippen molar-refractivity contribution in [2.45, 2.75) is 52.0 Å². The molecule has 0 aromatic heterocycles. The number of ether oxygens (including phenoxy) is 1. The van der Waals surface area contributed by atoms with Gasteiger partial charge in [0.1, 0.15) is 6.61 Å². The number of rotatable bonds is 11. The van der Waals surface area contributed by atoms with Crippen molar-refractivity contribution >= 4 is 18.0 Å². The summed E-state index contributed by atoms with van der Waals surface area (Å²) in [6.07, 6.45) is 0.658. The van der Waals surface area contributed by atoms with Crippen molar-refractivity contribution in [1.82, 2.24) is 10.6 Å². The van der Waals surface area contributed by atoms with Gasteiger partial charge in [-0.05, 0) is 34.6 Å². The van der Waals surface area contributed by atoms with Gasteiger partial charge in [0.2, 0.25) is 5.91 Å². The van der Waals surface area contributed by atoms with E-state index in [1.807, 2.05) is 45.0 Å². The van der Waals surface area contributed by atoms with E-state index < -0.39 is 24.0 Å². The molecule has 1 aliphatic carbocycles. The van der Waals surface area contributed by atoms with Gasteiger partial charge in [-0.25, -0.2) is 4.79 Å². The first-order chi connectivity index (χ1) is 16.3. The van der Waals surface area contributed by atoms with Crippen molar-refractivity contribution in [2.24, 2.45) is 11.8 Å². The van der Waals surface area contributed by atoms with E-state index in [0.29, 0.717) is 6.42 Å². The molecule has 0 saturated carbocycles. The highest BCUT2D eigenvalue weighted by Gasteiger charge is 2.30. The fraction of sp³-hybridized carbons (Fsp3) is 0.444. The second-order valence-electron chi connectivity index (χ2n) is 9.15. The molecule has 182 valence electrons. The number of carboxylic acids is 1. The van der Waals surface area contributed by atoms with Gasteiger partial charge in [0.15, 0.2) is 0 Å². The van der Waals surface area contributed by atoms with E-state index >= 15 is 0 Å². The fourth-order valence-electron chi connectivity index (χ4n) is 4.57. The van der Waals surface area contributed by atoms with Crippen LogP contribution in [0.4, 0.5) is 4.79 Å². The summed E-state index contributed by atoms with van der Waals surface area (Å²) in [4.78, 5) is 36.4. The molecule has 0 saturated heterocycles. The monoisotopic (exact) mass is 466 g/mol. The van der Waals surface area contributed by atoms with Gasteiger partial charge in [0.05, 0.1) is 12.3 Å². The van der Waals surface area contributed by atoms with E-state index in [9.17, 15) is 14.4 Å². The topological polar surface area (TPSA) is 105 Å². The van der Waals surface area contributed by atoms with Crippen LogP contribution in [-0.4, -0.2) is 42.3 Å². The van der Waals surface area contributed by atoms with Gasteiger partial charge in [-0.1, -0.05) is 75.7 Å². The molecule has 0 radical (unpaired) electrons. The Morgan fingerprint density at radius 2 is 1.59 bits per heavy atom. The molecule has 2 amide bonds. The smallest absolute Gasteiger partial charge is 0.407 e. The van der Waals surface area contributed by atoms with Crippen LogP contribution < -0.4 is 10.6 Å². The molecule has 0 aliphatic heterocycles. The lowest BCUT2D eigenvalue weighted by atomic mass is 9.94. The molecule has 3 N–H and O–H groups in total. The molecule has 0 bridgehead atoms. The van der Waals surface area contributed by atoms with Crippen molar-refractivity contribution in [2.75, 3.05) is 13.2 Å². The van der Waals surface area contributed by atoms with Crippen LogP contribution in [0.3, 0.4) is 0 Å². The normalized spacial score (nSPS) is 14.1. The highest BCUT2D eigenvalue weighted by Crippen LogP contribution is 2.44. The Bertz CT molecular complexity index is 974. The van der Waals surface area contributed by atoms with Crippen LogP contribution in [-0.2, 0) is 14.3 Å². The van der Waals surface area contributed by atoms with Crippen LogP contribution >= 0.6 is 0 Å². The van der Waals surface area contributed by atoms with Gasteiger partial charge in [-0.3, -0.25) is 9.59 Å². The van der Waals surface area contributed by atoms with Crippen molar-refractivity contribution in [1.29, 1.82) is 0 Å². The summed E-state index contributed by atoms with van der Waals surface area (Å²) in [5.41, 5.74) is 4.59. The number of benzene rings is 2. The Morgan fingerprint density at radius 1 is 1.00 bits per heavy atom. The van der Waals surface area contributed by atoms with E-state index in [4.69, 9.17) is 9.84 Å². The zero-order chi connectivity index (χ0) is 24.7. The van der Waals surface area contributed by atoms with Crippen molar-refractivity contribution < 1.29 is 24.2 Å². The second-order valence-corrected chi connectivity index (χ2v) is 9.15. The van der Waals surface area contributed by atoms with Crippen LogP contribution in [0.5, 0.6) is 0 Å². The number of nitrogens with one attached hydrogen (secondary N) is 2. The van der Waals surface area contributed by atoms with E-state index in [0.717, 1.165) is 28.7 Å². The van der Waals surface area contributed by atoms with Crippen LogP contribution in [0.2, 0.25) is 0 Å². The summed E-state index contributed by atoms with van der Waals surface area (Å²) in [7, 11) is 0. The summed E-state index contributed by atoms with van der Waals surface area (Å²) in [5, 5.41) is 14.7. The minimum Gasteiger partial charge on any atom is -0.481 e. The predicted molar refractivity (Wildman–Crippen MR) is 130 cm³/mol. The lowest BCUT2D eigenvalue weighted by Gasteiger charge is -2.24. The minimum atomic E-state index is -0.948. The Hall–Kier alpha value is -3.35. The number of hydrogen-bond donors (Lipinski definition) is 3. The van der Waals surface area contributed by atoms with Gasteiger partial charge in [0, 0.05) is 18.5 Å². The Labute approximate surface area is 200 Å². The average molecular weight is 467 g/mol. The van der Waals surface area contributed by atoms with Gasteiger partial charge in [0.25, 0.3) is 0 Å². The Balaban J connectivity index is 1.57. The molecule has 7 nitrogen and oxygen atoms in total. The molecule has 0 heterocycles. The maximum absolute atomic E-state index is 12.8. The number of carbonyl (C=O) groups excluding carboxylic acids is 2. The first kappa shape index (κ1) is 25.3. The number of fused-ring (bicyclic) bond motifs is 3. The standard InChI is InChI=1S/C27H34N2O5/c1-4-9-18(14-25(30)31)29-26(32)23(17(2)3)15-28-27(33)34-16-24-21-12-7-5-10-19(21)20-11-6-8-13-22(20)24/h5-8,10-13,17-18,23-24H,4,9,14-16H2,1-3H3,(H,28,33)(H,29,32)(H,30,31)/t18-,23?/m0/s1. The highest BCUT2D eigenvalue weighted by molar-refractivity contribution is 5.81. The number of amides is 2. The molecular formula is C27H34N2O5. The van der Waals surface area contributed by atoms with Gasteiger partial charge < -0.3 is 20.5 Å². The minimum absolute atomic E-state index is 0.0341. The first-order valence-electron chi connectivity index (χ1n) is 11.9. The van der Waals surface area contributed by atoms with Crippen LogP contribution in [0, 0.1) is 11.8 Å². The summed E-state index contributed by atoms with van der Waals surface area (Å²) in [6, 6.07) is 15.8. The second kappa shape index (κ2) is 11.7. The number of aliphatic carboxylic acids is 1. The molecule has 0 spiro atoms. The molecular weight excluding hydrogens is 432 g/mol. The molecule has 2 aromatic rings. The first-order valence-corrected chi connectivity index (χ1v) is 11.9. The summed E-state index contributed by atoms with van der Waals surface area (Å²) in [5.74, 6) is -1.77. The van der Waals surface area contributed by atoms with Gasteiger partial charge in [-0.15, -0.1) is 0 Å². The van der Waals surface area contributed by atoms with E-state index in [2.05, 4.69) is 34.9 Å². The van der Waals surface area contributed by atoms with Crippen molar-refractivity contribution in [3.8, 4) is 11.1 Å². The summed E-state index contributed by atoms with van der Waals surface area (Å²) < 4.78 is 5.56. The van der Waals surface area contributed by atoms with Crippen LogP contribution in [0.1, 0.15) is 57.1 Å². The third-order valence-corrected chi connectivity index (χ3v) is 6.36. The van der Waals surface area contributed by atoms with Crippen molar-refractivity contribution in [3.63, 3.8) is 0 Å². The van der Waals surface area contributed by atoms with Gasteiger partial charge in [-0.2, -0.15) is 0 Å².